The number of aromatic nitrogens is 2. The van der Waals surface area contributed by atoms with E-state index in [0.29, 0.717) is 5.56 Å². The van der Waals surface area contributed by atoms with Crippen LogP contribution < -0.4 is 5.76 Å². The Balaban J connectivity index is 1.86. The summed E-state index contributed by atoms with van der Waals surface area (Å²) in [6.45, 7) is -0.131. The van der Waals surface area contributed by atoms with Gasteiger partial charge in [-0.2, -0.15) is 0 Å². The molecule has 3 aromatic rings. The van der Waals surface area contributed by atoms with Crippen LogP contribution >= 0.6 is 23.2 Å². The molecule has 4 nitrogen and oxygen atoms in total. The van der Waals surface area contributed by atoms with Crippen LogP contribution in [0, 0.1) is 11.6 Å². The molecule has 25 heavy (non-hydrogen) atoms. The van der Waals surface area contributed by atoms with Crippen molar-refractivity contribution >= 4 is 23.2 Å². The lowest BCUT2D eigenvalue weighted by molar-refractivity contribution is 0.374. The molecule has 0 amide bonds. The van der Waals surface area contributed by atoms with Crippen LogP contribution in [0.1, 0.15) is 17.0 Å². The van der Waals surface area contributed by atoms with Gasteiger partial charge in [-0.1, -0.05) is 40.5 Å². The zero-order valence-corrected chi connectivity index (χ0v) is 14.3. The van der Waals surface area contributed by atoms with Crippen molar-refractivity contribution in [2.45, 2.75) is 19.4 Å². The van der Waals surface area contributed by atoms with E-state index >= 15 is 0 Å². The Morgan fingerprint density at radius 3 is 2.16 bits per heavy atom. The van der Waals surface area contributed by atoms with Gasteiger partial charge in [0, 0.05) is 27.6 Å². The fourth-order valence-electron chi connectivity index (χ4n) is 2.48. The average Bonchev–Trinajstić information content (AvgIpc) is 2.91. The predicted molar refractivity (Wildman–Crippen MR) is 90.1 cm³/mol. The molecule has 0 aliphatic heterocycles. The van der Waals surface area contributed by atoms with Gasteiger partial charge in [0.15, 0.2) is 5.82 Å². The van der Waals surface area contributed by atoms with E-state index < -0.39 is 17.4 Å². The molecule has 0 saturated heterocycles. The first kappa shape index (κ1) is 17.6. The molecule has 2 aromatic carbocycles. The van der Waals surface area contributed by atoms with Crippen molar-refractivity contribution in [3.63, 3.8) is 0 Å². The molecule has 0 radical (unpaired) electrons. The molecule has 0 N–H and O–H groups in total. The standard InChI is InChI=1S/C17H12Cl2F2N2O2/c18-12-3-1-5-14(20)10(12)7-8-16-22-25-17(24)23(16)9-11-13(19)4-2-6-15(11)21/h1-6H,7-9H2. The Morgan fingerprint density at radius 2 is 1.56 bits per heavy atom. The van der Waals surface area contributed by atoms with Crippen LogP contribution in [0.2, 0.25) is 10.0 Å². The quantitative estimate of drug-likeness (QED) is 0.660. The molecule has 0 aliphatic rings. The summed E-state index contributed by atoms with van der Waals surface area (Å²) in [5, 5.41) is 4.17. The smallest absolute Gasteiger partial charge is 0.296 e. The van der Waals surface area contributed by atoms with Crippen molar-refractivity contribution in [3.8, 4) is 0 Å². The number of hydrogen-bond acceptors (Lipinski definition) is 3. The van der Waals surface area contributed by atoms with E-state index in [2.05, 4.69) is 9.68 Å². The van der Waals surface area contributed by atoms with Crippen LogP contribution in [0.25, 0.3) is 0 Å². The van der Waals surface area contributed by atoms with Crippen LogP contribution in [0.4, 0.5) is 8.78 Å². The monoisotopic (exact) mass is 384 g/mol. The molecule has 0 bridgehead atoms. The molecule has 3 rings (SSSR count). The van der Waals surface area contributed by atoms with E-state index in [4.69, 9.17) is 23.2 Å². The second-order valence-corrected chi connectivity index (χ2v) is 6.17. The lowest BCUT2D eigenvalue weighted by Crippen LogP contribution is -2.19. The topological polar surface area (TPSA) is 48.0 Å². The largest absolute Gasteiger partial charge is 0.441 e. The first-order valence-corrected chi connectivity index (χ1v) is 8.14. The highest BCUT2D eigenvalue weighted by atomic mass is 35.5. The normalized spacial score (nSPS) is 11.0. The Labute approximate surface area is 151 Å². The van der Waals surface area contributed by atoms with E-state index in [1.807, 2.05) is 0 Å². The fraction of sp³-hybridized carbons (Fsp3) is 0.176. The Morgan fingerprint density at radius 1 is 0.960 bits per heavy atom. The van der Waals surface area contributed by atoms with E-state index in [1.165, 1.54) is 34.9 Å². The molecule has 8 heteroatoms. The third-order valence-corrected chi connectivity index (χ3v) is 4.51. The highest BCUT2D eigenvalue weighted by molar-refractivity contribution is 6.31. The summed E-state index contributed by atoms with van der Waals surface area (Å²) in [6.07, 6.45) is 0.404. The zero-order chi connectivity index (χ0) is 18.0. The van der Waals surface area contributed by atoms with Crippen molar-refractivity contribution in [1.82, 2.24) is 9.72 Å². The van der Waals surface area contributed by atoms with Gasteiger partial charge < -0.3 is 0 Å². The van der Waals surface area contributed by atoms with Crippen LogP contribution in [0.3, 0.4) is 0 Å². The van der Waals surface area contributed by atoms with Gasteiger partial charge >= 0.3 is 5.76 Å². The molecular weight excluding hydrogens is 373 g/mol. The highest BCUT2D eigenvalue weighted by Gasteiger charge is 2.16. The summed E-state index contributed by atoms with van der Waals surface area (Å²) >= 11 is 12.0. The SMILES string of the molecule is O=c1onc(CCc2c(F)cccc2Cl)n1Cc1c(F)cccc1Cl. The number of rotatable bonds is 5. The third kappa shape index (κ3) is 3.75. The third-order valence-electron chi connectivity index (χ3n) is 3.80. The van der Waals surface area contributed by atoms with Crippen molar-refractivity contribution < 1.29 is 13.3 Å². The summed E-state index contributed by atoms with van der Waals surface area (Å²) < 4.78 is 33.6. The molecule has 0 unspecified atom stereocenters. The maximum absolute atomic E-state index is 13.9. The number of halogens is 4. The van der Waals surface area contributed by atoms with Crippen LogP contribution in [-0.2, 0) is 19.4 Å². The van der Waals surface area contributed by atoms with Gasteiger partial charge in [0.05, 0.1) is 6.54 Å². The Bertz CT molecular complexity index is 929. The van der Waals surface area contributed by atoms with Gasteiger partial charge in [0.2, 0.25) is 0 Å². The van der Waals surface area contributed by atoms with Crippen LogP contribution in [-0.4, -0.2) is 9.72 Å². The van der Waals surface area contributed by atoms with Gasteiger partial charge in [0.1, 0.15) is 11.6 Å². The summed E-state index contributed by atoms with van der Waals surface area (Å²) in [7, 11) is 0. The minimum absolute atomic E-state index is 0.131. The maximum Gasteiger partial charge on any atom is 0.441 e. The summed E-state index contributed by atoms with van der Waals surface area (Å²) in [4.78, 5) is 11.9. The number of hydrogen-bond donors (Lipinski definition) is 0. The van der Waals surface area contributed by atoms with Crippen molar-refractivity contribution in [2.75, 3.05) is 0 Å². The molecule has 0 saturated carbocycles. The fourth-order valence-corrected chi connectivity index (χ4v) is 2.96. The van der Waals surface area contributed by atoms with E-state index in [-0.39, 0.29) is 40.8 Å². The number of aryl methyl sites for hydroxylation is 1. The molecular formula is C17H12Cl2F2N2O2. The first-order chi connectivity index (χ1) is 12.0. The lowest BCUT2D eigenvalue weighted by atomic mass is 10.1. The summed E-state index contributed by atoms with van der Waals surface area (Å²) in [6, 6.07) is 8.63. The molecule has 0 atom stereocenters. The minimum Gasteiger partial charge on any atom is -0.296 e. The van der Waals surface area contributed by atoms with E-state index in [9.17, 15) is 13.6 Å². The first-order valence-electron chi connectivity index (χ1n) is 7.38. The predicted octanol–water partition coefficient (Wildman–Crippen LogP) is 4.25. The molecule has 130 valence electrons. The van der Waals surface area contributed by atoms with E-state index in [0.717, 1.165) is 0 Å². The zero-order valence-electron chi connectivity index (χ0n) is 12.8. The van der Waals surface area contributed by atoms with Crippen LogP contribution in [0.5, 0.6) is 0 Å². The van der Waals surface area contributed by atoms with E-state index in [1.54, 1.807) is 6.07 Å². The molecule has 1 heterocycles. The van der Waals surface area contributed by atoms with Crippen molar-refractivity contribution in [3.05, 3.63) is 85.6 Å². The maximum atomic E-state index is 13.9. The minimum atomic E-state index is -0.742. The number of nitrogens with zero attached hydrogens (tertiary/aromatic N) is 2. The lowest BCUT2D eigenvalue weighted by Gasteiger charge is -2.08. The molecule has 0 spiro atoms. The highest BCUT2D eigenvalue weighted by Crippen LogP contribution is 2.22. The Hall–Kier alpha value is -2.18. The van der Waals surface area contributed by atoms with Gasteiger partial charge in [-0.25, -0.2) is 13.6 Å². The Kier molecular flexibility index (Phi) is 5.20. The van der Waals surface area contributed by atoms with Crippen molar-refractivity contribution in [1.29, 1.82) is 0 Å². The molecule has 0 aliphatic carbocycles. The van der Waals surface area contributed by atoms with Crippen LogP contribution in [0.15, 0.2) is 45.7 Å². The second kappa shape index (κ2) is 7.37. The van der Waals surface area contributed by atoms with Gasteiger partial charge in [-0.15, -0.1) is 0 Å². The van der Waals surface area contributed by atoms with Crippen molar-refractivity contribution in [2.24, 2.45) is 0 Å². The molecule has 1 aromatic heterocycles. The van der Waals surface area contributed by atoms with Gasteiger partial charge in [-0.05, 0) is 30.7 Å². The second-order valence-electron chi connectivity index (χ2n) is 5.35. The molecule has 0 fully saturated rings. The average molecular weight is 385 g/mol. The van der Waals surface area contributed by atoms with Gasteiger partial charge in [-0.3, -0.25) is 9.09 Å². The summed E-state index contributed by atoms with van der Waals surface area (Å²) in [5.41, 5.74) is 0.467. The number of benzene rings is 2. The summed E-state index contributed by atoms with van der Waals surface area (Å²) in [5.74, 6) is -1.47. The van der Waals surface area contributed by atoms with Gasteiger partial charge in [0.25, 0.3) is 0 Å².